The van der Waals surface area contributed by atoms with Crippen molar-refractivity contribution in [2.24, 2.45) is 0 Å². The van der Waals surface area contributed by atoms with Gasteiger partial charge in [0, 0.05) is 24.9 Å². The number of aromatic carboxylic acids is 1. The van der Waals surface area contributed by atoms with E-state index in [0.29, 0.717) is 6.42 Å². The number of carboxylic acids is 1. The van der Waals surface area contributed by atoms with E-state index in [1.165, 1.54) is 18.5 Å². The van der Waals surface area contributed by atoms with Crippen LogP contribution < -0.4 is 4.72 Å². The van der Waals surface area contributed by atoms with Gasteiger partial charge in [0.15, 0.2) is 0 Å². The molecule has 0 aromatic carbocycles. The van der Waals surface area contributed by atoms with Crippen molar-refractivity contribution in [3.05, 3.63) is 35.2 Å². The molecule has 0 atom stereocenters. The fraction of sp³-hybridized carbons (Fsp3) is 0.200. The lowest BCUT2D eigenvalue weighted by atomic mass is 10.3. The highest BCUT2D eigenvalue weighted by atomic mass is 32.2. The molecule has 3 N–H and O–H groups in total. The lowest BCUT2D eigenvalue weighted by Crippen LogP contribution is -2.25. The Morgan fingerprint density at radius 1 is 1.47 bits per heavy atom. The van der Waals surface area contributed by atoms with Gasteiger partial charge in [-0.15, -0.1) is 11.3 Å². The van der Waals surface area contributed by atoms with Crippen molar-refractivity contribution in [3.8, 4) is 0 Å². The van der Waals surface area contributed by atoms with E-state index in [2.05, 4.69) is 14.7 Å². The number of carboxylic acid groups (broad SMARTS) is 1. The average Bonchev–Trinajstić information content (AvgIpc) is 2.99. The van der Waals surface area contributed by atoms with Crippen LogP contribution in [0.4, 0.5) is 0 Å². The lowest BCUT2D eigenvalue weighted by molar-refractivity contribution is 0.0702. The molecule has 0 saturated carbocycles. The van der Waals surface area contributed by atoms with Crippen molar-refractivity contribution in [3.63, 3.8) is 0 Å². The van der Waals surface area contributed by atoms with Gasteiger partial charge in [0.1, 0.15) is 9.09 Å². The smallest absolute Gasteiger partial charge is 0.345 e. The number of sulfonamides is 1. The molecule has 0 spiro atoms. The first-order valence-electron chi connectivity index (χ1n) is 5.29. The zero-order valence-corrected chi connectivity index (χ0v) is 11.3. The topological polar surface area (TPSA) is 112 Å². The second kappa shape index (κ2) is 5.51. The normalized spacial score (nSPS) is 11.6. The van der Waals surface area contributed by atoms with E-state index < -0.39 is 16.0 Å². The second-order valence-electron chi connectivity index (χ2n) is 3.65. The van der Waals surface area contributed by atoms with Crippen LogP contribution in [0.5, 0.6) is 0 Å². The van der Waals surface area contributed by atoms with Gasteiger partial charge in [0.2, 0.25) is 10.0 Å². The highest BCUT2D eigenvalue weighted by molar-refractivity contribution is 7.91. The van der Waals surface area contributed by atoms with E-state index in [1.807, 2.05) is 0 Å². The van der Waals surface area contributed by atoms with Crippen LogP contribution in [0.25, 0.3) is 0 Å². The Kier molecular flexibility index (Phi) is 3.98. The number of aromatic nitrogens is 2. The lowest BCUT2D eigenvalue weighted by Gasteiger charge is -2.03. The maximum Gasteiger partial charge on any atom is 0.345 e. The van der Waals surface area contributed by atoms with Crippen molar-refractivity contribution in [1.29, 1.82) is 0 Å². The SMILES string of the molecule is O=C(O)c1ccc(S(=O)(=O)NCCc2cnc[nH]2)s1. The highest BCUT2D eigenvalue weighted by Gasteiger charge is 2.18. The summed E-state index contributed by atoms with van der Waals surface area (Å²) in [5.74, 6) is -1.14. The van der Waals surface area contributed by atoms with Crippen LogP contribution in [-0.2, 0) is 16.4 Å². The molecule has 9 heteroatoms. The van der Waals surface area contributed by atoms with E-state index >= 15 is 0 Å². The fourth-order valence-electron chi connectivity index (χ4n) is 1.39. The van der Waals surface area contributed by atoms with Crippen molar-refractivity contribution < 1.29 is 18.3 Å². The van der Waals surface area contributed by atoms with E-state index in [1.54, 1.807) is 6.20 Å². The maximum absolute atomic E-state index is 11.9. The number of carbonyl (C=O) groups is 1. The van der Waals surface area contributed by atoms with Gasteiger partial charge in [-0.3, -0.25) is 0 Å². The Labute approximate surface area is 113 Å². The predicted molar refractivity (Wildman–Crippen MR) is 68.8 cm³/mol. The van der Waals surface area contributed by atoms with Gasteiger partial charge < -0.3 is 10.1 Å². The van der Waals surface area contributed by atoms with Crippen LogP contribution in [0.1, 0.15) is 15.4 Å². The van der Waals surface area contributed by atoms with Crippen LogP contribution >= 0.6 is 11.3 Å². The summed E-state index contributed by atoms with van der Waals surface area (Å²) in [6.07, 6.45) is 3.61. The van der Waals surface area contributed by atoms with E-state index in [9.17, 15) is 13.2 Å². The number of imidazole rings is 1. The van der Waals surface area contributed by atoms with Crippen molar-refractivity contribution in [2.45, 2.75) is 10.6 Å². The molecule has 0 bridgehead atoms. The minimum Gasteiger partial charge on any atom is -0.477 e. The summed E-state index contributed by atoms with van der Waals surface area (Å²) in [5.41, 5.74) is 0.820. The van der Waals surface area contributed by atoms with Crippen molar-refractivity contribution >= 4 is 27.3 Å². The van der Waals surface area contributed by atoms with Crippen LogP contribution in [-0.4, -0.2) is 36.0 Å². The third-order valence-electron chi connectivity index (χ3n) is 2.30. The highest BCUT2D eigenvalue weighted by Crippen LogP contribution is 2.21. The summed E-state index contributed by atoms with van der Waals surface area (Å²) in [5, 5.41) is 8.75. The summed E-state index contributed by atoms with van der Waals surface area (Å²) in [4.78, 5) is 17.4. The molecule has 0 aliphatic rings. The number of nitrogens with zero attached hydrogens (tertiary/aromatic N) is 1. The summed E-state index contributed by atoms with van der Waals surface area (Å²) in [6, 6.07) is 2.56. The summed E-state index contributed by atoms with van der Waals surface area (Å²) >= 11 is 0.726. The number of rotatable bonds is 6. The zero-order valence-electron chi connectivity index (χ0n) is 9.66. The summed E-state index contributed by atoms with van der Waals surface area (Å²) in [7, 11) is -3.66. The number of thiophene rings is 1. The van der Waals surface area contributed by atoms with Gasteiger partial charge in [-0.2, -0.15) is 0 Å². The molecule has 2 rings (SSSR count). The Balaban J connectivity index is 1.99. The van der Waals surface area contributed by atoms with Gasteiger partial charge in [-0.05, 0) is 12.1 Å². The molecule has 0 amide bonds. The largest absolute Gasteiger partial charge is 0.477 e. The molecule has 2 aromatic rings. The number of H-pyrrole nitrogens is 1. The summed E-state index contributed by atoms with van der Waals surface area (Å²) in [6.45, 7) is 0.213. The molecule has 0 unspecified atom stereocenters. The van der Waals surface area contributed by atoms with Crippen molar-refractivity contribution in [2.75, 3.05) is 6.54 Å². The van der Waals surface area contributed by atoms with E-state index in [-0.39, 0.29) is 15.6 Å². The third-order valence-corrected chi connectivity index (χ3v) is 5.32. The Morgan fingerprint density at radius 2 is 2.26 bits per heavy atom. The zero-order chi connectivity index (χ0) is 13.9. The molecule has 0 aliphatic carbocycles. The van der Waals surface area contributed by atoms with Gasteiger partial charge in [-0.1, -0.05) is 0 Å². The van der Waals surface area contributed by atoms with Gasteiger partial charge in [0.05, 0.1) is 6.33 Å². The van der Waals surface area contributed by atoms with Crippen LogP contribution in [0.2, 0.25) is 0 Å². The second-order valence-corrected chi connectivity index (χ2v) is 6.73. The Morgan fingerprint density at radius 3 is 2.84 bits per heavy atom. The Bertz CT molecular complexity index is 661. The molecule has 7 nitrogen and oxygen atoms in total. The molecule has 19 heavy (non-hydrogen) atoms. The maximum atomic E-state index is 11.9. The molecule has 2 heterocycles. The van der Waals surface area contributed by atoms with Crippen LogP contribution in [0.15, 0.2) is 28.9 Å². The third kappa shape index (κ3) is 3.40. The van der Waals surface area contributed by atoms with Gasteiger partial charge >= 0.3 is 5.97 Å². The van der Waals surface area contributed by atoms with Crippen LogP contribution in [0.3, 0.4) is 0 Å². The molecule has 0 radical (unpaired) electrons. The number of hydrogen-bond donors (Lipinski definition) is 3. The molecular formula is C10H11N3O4S2. The summed E-state index contributed by atoms with van der Waals surface area (Å²) < 4.78 is 26.2. The first kappa shape index (κ1) is 13.7. The minimum atomic E-state index is -3.66. The number of hydrogen-bond acceptors (Lipinski definition) is 5. The van der Waals surface area contributed by atoms with E-state index in [0.717, 1.165) is 17.0 Å². The predicted octanol–water partition coefficient (Wildman–Crippen LogP) is 0.690. The first-order chi connectivity index (χ1) is 8.99. The van der Waals surface area contributed by atoms with Gasteiger partial charge in [0.25, 0.3) is 0 Å². The fourth-order valence-corrected chi connectivity index (χ4v) is 3.61. The number of aromatic amines is 1. The van der Waals surface area contributed by atoms with Crippen molar-refractivity contribution in [1.82, 2.24) is 14.7 Å². The van der Waals surface area contributed by atoms with Gasteiger partial charge in [-0.25, -0.2) is 22.9 Å². The standard InChI is InChI=1S/C10H11N3O4S2/c14-10(15)8-1-2-9(18-8)19(16,17)13-4-3-7-5-11-6-12-7/h1-2,5-6,13H,3-4H2,(H,11,12)(H,14,15). The van der Waals surface area contributed by atoms with Crippen LogP contribution in [0, 0.1) is 0 Å². The molecule has 0 aliphatic heterocycles. The average molecular weight is 301 g/mol. The molecular weight excluding hydrogens is 290 g/mol. The quantitative estimate of drug-likeness (QED) is 0.726. The molecule has 102 valence electrons. The first-order valence-corrected chi connectivity index (χ1v) is 7.59. The van der Waals surface area contributed by atoms with E-state index in [4.69, 9.17) is 5.11 Å². The monoisotopic (exact) mass is 301 g/mol. The molecule has 0 fully saturated rings. The Hall–Kier alpha value is -1.71. The molecule has 2 aromatic heterocycles. The minimum absolute atomic E-state index is 0.00508. The number of nitrogens with one attached hydrogen (secondary N) is 2. The molecule has 0 saturated heterocycles.